The summed E-state index contributed by atoms with van der Waals surface area (Å²) in [5.41, 5.74) is 1.67. The lowest BCUT2D eigenvalue weighted by Crippen LogP contribution is -2.21. The Hall–Kier alpha value is -2.53. The quantitative estimate of drug-likeness (QED) is 0.802. The van der Waals surface area contributed by atoms with Gasteiger partial charge in [0.25, 0.3) is 0 Å². The van der Waals surface area contributed by atoms with Gasteiger partial charge >= 0.3 is 12.0 Å². The van der Waals surface area contributed by atoms with E-state index >= 15 is 0 Å². The number of aromatic carboxylic acids is 1. The second-order valence-corrected chi connectivity index (χ2v) is 4.80. The molecule has 2 aromatic rings. The number of hydrogen-bond acceptors (Lipinski definition) is 2. The zero-order valence-corrected chi connectivity index (χ0v) is 11.9. The molecule has 0 heterocycles. The van der Waals surface area contributed by atoms with Gasteiger partial charge in [-0.3, -0.25) is 0 Å². The summed E-state index contributed by atoms with van der Waals surface area (Å²) in [6.07, 6.45) is 0. The van der Waals surface area contributed by atoms with Gasteiger partial charge in [-0.05, 0) is 36.8 Å². The Bertz CT molecular complexity index is 701. The van der Waals surface area contributed by atoms with E-state index in [9.17, 15) is 9.59 Å². The van der Waals surface area contributed by atoms with Crippen molar-refractivity contribution in [1.29, 1.82) is 0 Å². The molecule has 0 unspecified atom stereocenters. The highest BCUT2D eigenvalue weighted by Crippen LogP contribution is 2.20. The molecule has 0 radical (unpaired) electrons. The molecule has 0 aliphatic heterocycles. The van der Waals surface area contributed by atoms with Crippen molar-refractivity contribution in [2.24, 2.45) is 0 Å². The molecule has 0 spiro atoms. The number of benzene rings is 2. The van der Waals surface area contributed by atoms with Crippen LogP contribution in [0.4, 0.5) is 16.2 Å². The van der Waals surface area contributed by atoms with Crippen molar-refractivity contribution in [1.82, 2.24) is 0 Å². The summed E-state index contributed by atoms with van der Waals surface area (Å²) in [5, 5.41) is 14.7. The number of para-hydroxylation sites is 1. The first-order valence-corrected chi connectivity index (χ1v) is 6.51. The smallest absolute Gasteiger partial charge is 0.337 e. The molecule has 2 aromatic carbocycles. The van der Waals surface area contributed by atoms with E-state index < -0.39 is 12.0 Å². The van der Waals surface area contributed by atoms with E-state index in [1.54, 1.807) is 30.3 Å². The number of anilines is 2. The summed E-state index contributed by atoms with van der Waals surface area (Å²) in [6.45, 7) is 1.86. The van der Waals surface area contributed by atoms with Crippen molar-refractivity contribution in [3.63, 3.8) is 0 Å². The normalized spacial score (nSPS) is 10.0. The first kappa shape index (κ1) is 14.9. The Morgan fingerprint density at radius 3 is 2.48 bits per heavy atom. The fourth-order valence-electron chi connectivity index (χ4n) is 1.73. The van der Waals surface area contributed by atoms with Crippen LogP contribution >= 0.6 is 11.6 Å². The number of carbonyl (C=O) groups is 2. The van der Waals surface area contributed by atoms with Gasteiger partial charge in [-0.25, -0.2) is 9.59 Å². The lowest BCUT2D eigenvalue weighted by Gasteiger charge is -2.10. The zero-order valence-electron chi connectivity index (χ0n) is 11.2. The molecule has 0 saturated carbocycles. The van der Waals surface area contributed by atoms with E-state index in [0.29, 0.717) is 10.7 Å². The third kappa shape index (κ3) is 3.73. The van der Waals surface area contributed by atoms with Crippen molar-refractivity contribution in [2.75, 3.05) is 10.6 Å². The minimum absolute atomic E-state index is 0.0228. The molecule has 2 amide bonds. The number of rotatable bonds is 3. The van der Waals surface area contributed by atoms with Crippen molar-refractivity contribution in [2.45, 2.75) is 6.92 Å². The van der Waals surface area contributed by atoms with E-state index in [1.165, 1.54) is 12.1 Å². The average Bonchev–Trinajstić information content (AvgIpc) is 2.43. The number of nitrogens with one attached hydrogen (secondary N) is 2. The van der Waals surface area contributed by atoms with Crippen LogP contribution < -0.4 is 10.6 Å². The summed E-state index contributed by atoms with van der Waals surface area (Å²) in [7, 11) is 0. The summed E-state index contributed by atoms with van der Waals surface area (Å²) in [5.74, 6) is -1.11. The molecule has 0 aromatic heterocycles. The Balaban J connectivity index is 2.12. The first-order valence-electron chi connectivity index (χ1n) is 6.14. The molecule has 6 heteroatoms. The van der Waals surface area contributed by atoms with Crippen molar-refractivity contribution in [3.8, 4) is 0 Å². The fourth-order valence-corrected chi connectivity index (χ4v) is 1.91. The van der Waals surface area contributed by atoms with Gasteiger partial charge in [0.2, 0.25) is 0 Å². The Morgan fingerprint density at radius 1 is 1.10 bits per heavy atom. The summed E-state index contributed by atoms with van der Waals surface area (Å²) < 4.78 is 0. The fraction of sp³-hybridized carbons (Fsp3) is 0.0667. The average molecular weight is 305 g/mol. The number of halogens is 1. The maximum Gasteiger partial charge on any atom is 0.337 e. The van der Waals surface area contributed by atoms with Gasteiger partial charge in [0.05, 0.1) is 11.3 Å². The van der Waals surface area contributed by atoms with Crippen LogP contribution in [0.25, 0.3) is 0 Å². The van der Waals surface area contributed by atoms with Crippen molar-refractivity contribution in [3.05, 3.63) is 58.6 Å². The topological polar surface area (TPSA) is 78.4 Å². The van der Waals surface area contributed by atoms with Crippen LogP contribution in [0.15, 0.2) is 42.5 Å². The van der Waals surface area contributed by atoms with Gasteiger partial charge < -0.3 is 15.7 Å². The highest BCUT2D eigenvalue weighted by atomic mass is 35.5. The largest absolute Gasteiger partial charge is 0.478 e. The van der Waals surface area contributed by atoms with Crippen LogP contribution in [-0.4, -0.2) is 17.1 Å². The molecule has 0 aliphatic rings. The van der Waals surface area contributed by atoms with Gasteiger partial charge in [0.15, 0.2) is 0 Å². The molecular formula is C15H13ClN2O3. The monoisotopic (exact) mass is 304 g/mol. The molecule has 0 bridgehead atoms. The molecule has 21 heavy (non-hydrogen) atoms. The van der Waals surface area contributed by atoms with Crippen molar-refractivity contribution >= 4 is 35.0 Å². The number of carboxylic acid groups (broad SMARTS) is 1. The van der Waals surface area contributed by atoms with Crippen LogP contribution in [0.1, 0.15) is 15.9 Å². The molecule has 5 nitrogen and oxygen atoms in total. The molecular weight excluding hydrogens is 292 g/mol. The lowest BCUT2D eigenvalue weighted by atomic mass is 10.2. The van der Waals surface area contributed by atoms with Crippen LogP contribution in [-0.2, 0) is 0 Å². The predicted molar refractivity (Wildman–Crippen MR) is 82.2 cm³/mol. The highest BCUT2D eigenvalue weighted by Gasteiger charge is 2.11. The number of carboxylic acids is 1. The third-order valence-electron chi connectivity index (χ3n) is 2.84. The summed E-state index contributed by atoms with van der Waals surface area (Å²) in [4.78, 5) is 22.9. The number of aryl methyl sites for hydroxylation is 1. The molecule has 108 valence electrons. The highest BCUT2D eigenvalue weighted by molar-refractivity contribution is 6.31. The predicted octanol–water partition coefficient (Wildman–Crippen LogP) is 3.99. The van der Waals surface area contributed by atoms with Gasteiger partial charge in [-0.15, -0.1) is 0 Å². The Morgan fingerprint density at radius 2 is 1.81 bits per heavy atom. The lowest BCUT2D eigenvalue weighted by molar-refractivity contribution is 0.0698. The van der Waals surface area contributed by atoms with Crippen molar-refractivity contribution < 1.29 is 14.7 Å². The number of urea groups is 1. The van der Waals surface area contributed by atoms with E-state index in [1.807, 2.05) is 6.92 Å². The van der Waals surface area contributed by atoms with E-state index in [4.69, 9.17) is 16.7 Å². The third-order valence-corrected chi connectivity index (χ3v) is 3.24. The Kier molecular flexibility index (Phi) is 4.45. The second kappa shape index (κ2) is 6.28. The molecule has 0 atom stereocenters. The second-order valence-electron chi connectivity index (χ2n) is 4.39. The van der Waals surface area contributed by atoms with Crippen LogP contribution in [0.5, 0.6) is 0 Å². The van der Waals surface area contributed by atoms with Crippen LogP contribution in [0, 0.1) is 6.92 Å². The van der Waals surface area contributed by atoms with Gasteiger partial charge in [-0.2, -0.15) is 0 Å². The van der Waals surface area contributed by atoms with Crippen LogP contribution in [0.3, 0.4) is 0 Å². The summed E-state index contributed by atoms with van der Waals surface area (Å²) >= 11 is 5.97. The first-order chi connectivity index (χ1) is 9.97. The number of carbonyl (C=O) groups excluding carboxylic acids is 1. The minimum Gasteiger partial charge on any atom is -0.478 e. The SMILES string of the molecule is Cc1ccc(NC(=O)Nc2ccccc2C(=O)O)cc1Cl. The number of amides is 2. The Labute approximate surface area is 126 Å². The molecule has 0 saturated heterocycles. The van der Waals surface area contributed by atoms with E-state index in [0.717, 1.165) is 5.56 Å². The standard InChI is InChI=1S/C15H13ClN2O3/c1-9-6-7-10(8-12(9)16)17-15(21)18-13-5-3-2-4-11(13)14(19)20/h2-8H,1H3,(H,19,20)(H2,17,18,21). The molecule has 0 fully saturated rings. The molecule has 0 aliphatic carbocycles. The maximum absolute atomic E-state index is 11.9. The van der Waals surface area contributed by atoms with E-state index in [-0.39, 0.29) is 11.3 Å². The zero-order chi connectivity index (χ0) is 15.4. The summed E-state index contributed by atoms with van der Waals surface area (Å²) in [6, 6.07) is 10.7. The maximum atomic E-state index is 11.9. The molecule has 3 N–H and O–H groups in total. The van der Waals surface area contributed by atoms with Gasteiger partial charge in [0.1, 0.15) is 0 Å². The van der Waals surface area contributed by atoms with E-state index in [2.05, 4.69) is 10.6 Å². The van der Waals surface area contributed by atoms with Gasteiger partial charge in [-0.1, -0.05) is 29.8 Å². The molecule has 2 rings (SSSR count). The van der Waals surface area contributed by atoms with Crippen LogP contribution in [0.2, 0.25) is 5.02 Å². The minimum atomic E-state index is -1.11. The van der Waals surface area contributed by atoms with Gasteiger partial charge in [0, 0.05) is 10.7 Å². The number of hydrogen-bond donors (Lipinski definition) is 3.